The number of benzene rings is 1. The Morgan fingerprint density at radius 2 is 2.26 bits per heavy atom. The van der Waals surface area contributed by atoms with Crippen LogP contribution in [0.4, 0.5) is 0 Å². The van der Waals surface area contributed by atoms with Gasteiger partial charge in [0, 0.05) is 10.0 Å². The van der Waals surface area contributed by atoms with E-state index in [1.165, 1.54) is 0 Å². The van der Waals surface area contributed by atoms with Gasteiger partial charge in [-0.1, -0.05) is 28.6 Å². The van der Waals surface area contributed by atoms with Gasteiger partial charge in [0.1, 0.15) is 29.8 Å². The van der Waals surface area contributed by atoms with Crippen LogP contribution < -0.4 is 10.5 Å². The smallest absolute Gasteiger partial charge is 0.338 e. The van der Waals surface area contributed by atoms with Gasteiger partial charge in [0.15, 0.2) is 0 Å². The minimum absolute atomic E-state index is 0.0438. The highest BCUT2D eigenvalue weighted by molar-refractivity contribution is 14.1. The number of hydrogen-bond acceptors (Lipinski definition) is 6. The van der Waals surface area contributed by atoms with Gasteiger partial charge in [-0.15, -0.1) is 0 Å². The van der Waals surface area contributed by atoms with Crippen molar-refractivity contribution in [3.8, 4) is 11.8 Å². The summed E-state index contributed by atoms with van der Waals surface area (Å²) in [6, 6.07) is 5.74. The van der Waals surface area contributed by atoms with E-state index in [4.69, 9.17) is 19.9 Å². The van der Waals surface area contributed by atoms with Crippen LogP contribution in [0.15, 0.2) is 52.0 Å². The van der Waals surface area contributed by atoms with E-state index >= 15 is 0 Å². The normalized spacial score (nSPS) is 16.5. The summed E-state index contributed by atoms with van der Waals surface area (Å²) < 4.78 is 18.1. The van der Waals surface area contributed by atoms with Gasteiger partial charge in [-0.25, -0.2) is 4.79 Å². The summed E-state index contributed by atoms with van der Waals surface area (Å²) in [5.74, 6) is -0.545. The molecule has 0 saturated carbocycles. The number of carbonyl (C=O) groups excluding carboxylic acids is 1. The third-order valence-electron chi connectivity index (χ3n) is 3.79. The van der Waals surface area contributed by atoms with E-state index in [1.807, 2.05) is 6.07 Å². The number of carbonyl (C=O) groups is 1. The van der Waals surface area contributed by atoms with Gasteiger partial charge in [-0.2, -0.15) is 5.26 Å². The maximum Gasteiger partial charge on any atom is 0.338 e. The quantitative estimate of drug-likeness (QED) is 0.326. The Kier molecular flexibility index (Phi) is 7.33. The topological polar surface area (TPSA) is 94.6 Å². The minimum atomic E-state index is -0.770. The Morgan fingerprint density at radius 3 is 2.85 bits per heavy atom. The summed E-state index contributed by atoms with van der Waals surface area (Å²) in [7, 11) is 0. The highest BCUT2D eigenvalue weighted by Crippen LogP contribution is 2.45. The Bertz CT molecular complexity index is 886. The molecular formula is C19H18BrIN2O4. The molecule has 1 aliphatic rings. The van der Waals surface area contributed by atoms with Crippen LogP contribution >= 0.6 is 38.5 Å². The lowest BCUT2D eigenvalue weighted by Crippen LogP contribution is -2.26. The molecule has 1 aromatic carbocycles. The number of nitrogens with zero attached hydrogens (tertiary/aromatic N) is 1. The zero-order chi connectivity index (χ0) is 20.1. The van der Waals surface area contributed by atoms with Crippen molar-refractivity contribution in [1.29, 1.82) is 5.26 Å². The lowest BCUT2D eigenvalue weighted by Gasteiger charge is -2.28. The van der Waals surface area contributed by atoms with Crippen molar-refractivity contribution in [2.45, 2.75) is 19.8 Å². The number of rotatable bonds is 6. The molecule has 0 saturated heterocycles. The fourth-order valence-electron chi connectivity index (χ4n) is 2.76. The molecule has 0 aliphatic carbocycles. The Labute approximate surface area is 179 Å². The molecular weight excluding hydrogens is 527 g/mol. The van der Waals surface area contributed by atoms with Crippen LogP contribution in [0.25, 0.3) is 0 Å². The van der Waals surface area contributed by atoms with Gasteiger partial charge < -0.3 is 19.9 Å². The van der Waals surface area contributed by atoms with Crippen molar-refractivity contribution in [1.82, 2.24) is 0 Å². The first kappa shape index (κ1) is 21.3. The first-order valence-electron chi connectivity index (χ1n) is 8.03. The summed E-state index contributed by atoms with van der Waals surface area (Å²) in [6.07, 6.45) is 1.62. The van der Waals surface area contributed by atoms with Crippen molar-refractivity contribution in [3.05, 3.63) is 61.2 Å². The van der Waals surface area contributed by atoms with Gasteiger partial charge in [0.05, 0.1) is 21.7 Å². The van der Waals surface area contributed by atoms with Crippen LogP contribution in [0.1, 0.15) is 25.3 Å². The van der Waals surface area contributed by atoms with Gasteiger partial charge >= 0.3 is 5.97 Å². The van der Waals surface area contributed by atoms with E-state index in [0.29, 0.717) is 17.1 Å². The van der Waals surface area contributed by atoms with Crippen molar-refractivity contribution in [2.75, 3.05) is 13.2 Å². The SMILES string of the molecule is C=CCOc1c(I)cc(Br)cc1C1C(C#N)=C(N)OC(C)=C1C(=O)OCC. The highest BCUT2D eigenvalue weighted by Gasteiger charge is 2.38. The number of hydrogen-bond donors (Lipinski definition) is 1. The van der Waals surface area contributed by atoms with Crippen LogP contribution in [0.5, 0.6) is 5.75 Å². The highest BCUT2D eigenvalue weighted by atomic mass is 127. The standard InChI is InChI=1S/C19H18BrIN2O4/c1-4-6-26-17-12(7-11(20)8-14(17)21)16-13(9-22)18(23)27-10(3)15(16)19(24)25-5-2/h4,7-8,16H,1,5-6,23H2,2-3H3. The van der Waals surface area contributed by atoms with E-state index in [0.717, 1.165) is 8.04 Å². The summed E-state index contributed by atoms with van der Waals surface area (Å²) in [4.78, 5) is 12.7. The molecule has 1 aromatic rings. The molecule has 1 atom stereocenters. The molecule has 27 heavy (non-hydrogen) atoms. The molecule has 6 nitrogen and oxygen atoms in total. The lowest BCUT2D eigenvalue weighted by molar-refractivity contribution is -0.139. The Balaban J connectivity index is 2.77. The van der Waals surface area contributed by atoms with Crippen LogP contribution in [-0.4, -0.2) is 19.2 Å². The van der Waals surface area contributed by atoms with E-state index < -0.39 is 11.9 Å². The zero-order valence-corrected chi connectivity index (χ0v) is 18.6. The molecule has 1 heterocycles. The maximum atomic E-state index is 12.7. The largest absolute Gasteiger partial charge is 0.488 e. The second kappa shape index (κ2) is 9.28. The second-order valence-electron chi connectivity index (χ2n) is 5.52. The van der Waals surface area contributed by atoms with Crippen molar-refractivity contribution in [3.63, 3.8) is 0 Å². The summed E-state index contributed by atoms with van der Waals surface area (Å²) in [5.41, 5.74) is 6.91. The molecule has 8 heteroatoms. The zero-order valence-electron chi connectivity index (χ0n) is 14.8. The van der Waals surface area contributed by atoms with Crippen LogP contribution in [0.2, 0.25) is 0 Å². The molecule has 1 aliphatic heterocycles. The summed E-state index contributed by atoms with van der Waals surface area (Å²) in [6.45, 7) is 7.46. The van der Waals surface area contributed by atoms with Gasteiger partial charge in [0.25, 0.3) is 0 Å². The predicted molar refractivity (Wildman–Crippen MR) is 113 cm³/mol. The minimum Gasteiger partial charge on any atom is -0.488 e. The van der Waals surface area contributed by atoms with Crippen molar-refractivity contribution >= 4 is 44.5 Å². The molecule has 0 radical (unpaired) electrons. The molecule has 0 bridgehead atoms. The molecule has 2 rings (SSSR count). The lowest BCUT2D eigenvalue weighted by atomic mass is 9.82. The third-order valence-corrected chi connectivity index (χ3v) is 5.05. The number of nitrogens with two attached hydrogens (primary N) is 1. The first-order chi connectivity index (χ1) is 12.8. The molecule has 0 spiro atoms. The average Bonchev–Trinajstić information content (AvgIpc) is 2.60. The number of esters is 1. The molecule has 0 amide bonds. The fourth-order valence-corrected chi connectivity index (χ4v) is 4.46. The fraction of sp³-hybridized carbons (Fsp3) is 0.263. The second-order valence-corrected chi connectivity index (χ2v) is 7.60. The molecule has 1 unspecified atom stereocenters. The van der Waals surface area contributed by atoms with Crippen LogP contribution in [0.3, 0.4) is 0 Å². The number of allylic oxidation sites excluding steroid dienone is 2. The summed E-state index contributed by atoms with van der Waals surface area (Å²) >= 11 is 5.60. The number of halogens is 2. The van der Waals surface area contributed by atoms with Gasteiger partial charge in [-0.3, -0.25) is 0 Å². The third kappa shape index (κ3) is 4.47. The Morgan fingerprint density at radius 1 is 1.56 bits per heavy atom. The predicted octanol–water partition coefficient (Wildman–Crippen LogP) is 4.26. The van der Waals surface area contributed by atoms with E-state index in [1.54, 1.807) is 26.0 Å². The summed E-state index contributed by atoms with van der Waals surface area (Å²) in [5, 5.41) is 9.70. The molecule has 0 aromatic heterocycles. The molecule has 142 valence electrons. The average molecular weight is 545 g/mol. The van der Waals surface area contributed by atoms with Gasteiger partial charge in [-0.05, 0) is 48.6 Å². The van der Waals surface area contributed by atoms with Crippen molar-refractivity contribution < 1.29 is 19.0 Å². The van der Waals surface area contributed by atoms with Crippen molar-refractivity contribution in [2.24, 2.45) is 5.73 Å². The van der Waals surface area contributed by atoms with E-state index in [-0.39, 0.29) is 30.2 Å². The number of nitriles is 1. The first-order valence-corrected chi connectivity index (χ1v) is 9.90. The number of ether oxygens (including phenoxy) is 3. The molecule has 0 fully saturated rings. The van der Waals surface area contributed by atoms with E-state index in [2.05, 4.69) is 51.2 Å². The van der Waals surface area contributed by atoms with Gasteiger partial charge in [0.2, 0.25) is 5.88 Å². The maximum absolute atomic E-state index is 12.7. The Hall–Kier alpha value is -1.99. The van der Waals surface area contributed by atoms with E-state index in [9.17, 15) is 10.1 Å². The van der Waals surface area contributed by atoms with Crippen LogP contribution in [-0.2, 0) is 14.3 Å². The van der Waals surface area contributed by atoms with Crippen LogP contribution in [0, 0.1) is 14.9 Å². The monoisotopic (exact) mass is 544 g/mol. The molecule has 2 N–H and O–H groups in total.